The number of phenols is 2. The molecule has 4 heteroatoms. The first-order chi connectivity index (χ1) is 9.59. The van der Waals surface area contributed by atoms with E-state index in [0.29, 0.717) is 5.56 Å². The van der Waals surface area contributed by atoms with Crippen LogP contribution in [0.25, 0.3) is 21.2 Å². The minimum Gasteiger partial charge on any atom is -0.507 e. The van der Waals surface area contributed by atoms with Crippen molar-refractivity contribution in [2.24, 2.45) is 0 Å². The summed E-state index contributed by atoms with van der Waals surface area (Å²) in [7, 11) is 0. The predicted octanol–water partition coefficient (Wildman–Crippen LogP) is 3.83. The Kier molecular flexibility index (Phi) is 2.07. The number of rotatable bonds is 0. The van der Waals surface area contributed by atoms with Crippen molar-refractivity contribution >= 4 is 27.2 Å². The third kappa shape index (κ3) is 1.22. The number of hydrogen-bond donors (Lipinski definition) is 2. The maximum atomic E-state index is 12.6. The Bertz CT molecular complexity index is 906. The summed E-state index contributed by atoms with van der Waals surface area (Å²) in [5.41, 5.74) is 2.28. The van der Waals surface area contributed by atoms with Crippen LogP contribution in [0.5, 0.6) is 11.5 Å². The van der Waals surface area contributed by atoms with Gasteiger partial charge in [0.25, 0.3) is 0 Å². The fourth-order valence-corrected chi connectivity index (χ4v) is 4.05. The second-order valence-electron chi connectivity index (χ2n) is 4.89. The summed E-state index contributed by atoms with van der Waals surface area (Å²) in [5.74, 6) is -0.387. The molecule has 1 aromatic heterocycles. The molecule has 4 rings (SSSR count). The van der Waals surface area contributed by atoms with Gasteiger partial charge in [0.15, 0.2) is 0 Å². The van der Waals surface area contributed by atoms with Gasteiger partial charge >= 0.3 is 0 Å². The van der Waals surface area contributed by atoms with Gasteiger partial charge in [-0.05, 0) is 30.7 Å². The number of benzene rings is 2. The van der Waals surface area contributed by atoms with Gasteiger partial charge in [0, 0.05) is 20.5 Å². The monoisotopic (exact) mass is 282 g/mol. The molecule has 0 amide bonds. The molecule has 2 N–H and O–H groups in total. The van der Waals surface area contributed by atoms with Crippen LogP contribution >= 0.6 is 11.3 Å². The molecule has 20 heavy (non-hydrogen) atoms. The normalized spacial score (nSPS) is 12.8. The van der Waals surface area contributed by atoms with Crippen LogP contribution in [0.15, 0.2) is 30.3 Å². The van der Waals surface area contributed by atoms with Gasteiger partial charge in [0.05, 0.1) is 11.1 Å². The van der Waals surface area contributed by atoms with E-state index in [1.807, 2.05) is 19.1 Å². The van der Waals surface area contributed by atoms with Crippen LogP contribution in [-0.4, -0.2) is 16.0 Å². The van der Waals surface area contributed by atoms with Crippen LogP contribution in [0.4, 0.5) is 0 Å². The highest BCUT2D eigenvalue weighted by Gasteiger charge is 2.32. The van der Waals surface area contributed by atoms with Crippen LogP contribution in [0, 0.1) is 6.92 Å². The first-order valence-corrected chi connectivity index (χ1v) is 7.03. The molecule has 3 aromatic rings. The van der Waals surface area contributed by atoms with Gasteiger partial charge in [0.2, 0.25) is 5.78 Å². The standard InChI is InChI=1S/C16H10O3S/c1-7-12-8-3-2-4-9(17)13(8)16(19)14-10(18)5-6-11(20-7)15(12)14/h2-6,17-18H,1H3. The molecular formula is C16H10O3S. The highest BCUT2D eigenvalue weighted by molar-refractivity contribution is 7.19. The van der Waals surface area contributed by atoms with Gasteiger partial charge in [0.1, 0.15) is 11.5 Å². The van der Waals surface area contributed by atoms with Crippen LogP contribution in [0.3, 0.4) is 0 Å². The van der Waals surface area contributed by atoms with Crippen molar-refractivity contribution in [3.05, 3.63) is 46.3 Å². The molecular weight excluding hydrogens is 272 g/mol. The third-order valence-corrected chi connectivity index (χ3v) is 4.85. The van der Waals surface area contributed by atoms with E-state index in [0.717, 1.165) is 26.1 Å². The molecule has 0 spiro atoms. The Morgan fingerprint density at radius 1 is 0.950 bits per heavy atom. The Labute approximate surface area is 118 Å². The number of ketones is 1. The van der Waals surface area contributed by atoms with Crippen molar-refractivity contribution in [1.29, 1.82) is 0 Å². The third-order valence-electron chi connectivity index (χ3n) is 3.78. The molecule has 0 saturated heterocycles. The Morgan fingerprint density at radius 2 is 1.70 bits per heavy atom. The van der Waals surface area contributed by atoms with Gasteiger partial charge < -0.3 is 10.2 Å². The highest BCUT2D eigenvalue weighted by atomic mass is 32.1. The lowest BCUT2D eigenvalue weighted by molar-refractivity contribution is 0.103. The number of carbonyl (C=O) groups excluding carboxylic acids is 1. The van der Waals surface area contributed by atoms with E-state index in [-0.39, 0.29) is 22.8 Å². The van der Waals surface area contributed by atoms with Gasteiger partial charge in [-0.3, -0.25) is 4.79 Å². The summed E-state index contributed by atoms with van der Waals surface area (Å²) >= 11 is 1.59. The number of phenolic OH excluding ortho intramolecular Hbond substituents is 2. The van der Waals surface area contributed by atoms with Crippen molar-refractivity contribution < 1.29 is 15.0 Å². The number of aromatic hydroxyl groups is 2. The molecule has 0 unspecified atom stereocenters. The Hall–Kier alpha value is -2.33. The molecule has 0 atom stereocenters. The lowest BCUT2D eigenvalue weighted by Crippen LogP contribution is -2.09. The average Bonchev–Trinajstić information content (AvgIpc) is 2.74. The molecule has 1 aliphatic rings. The van der Waals surface area contributed by atoms with Gasteiger partial charge in [-0.1, -0.05) is 12.1 Å². The molecule has 0 radical (unpaired) electrons. The molecule has 0 bridgehead atoms. The summed E-state index contributed by atoms with van der Waals surface area (Å²) < 4.78 is 0.979. The zero-order chi connectivity index (χ0) is 14.0. The number of hydrogen-bond acceptors (Lipinski definition) is 4. The van der Waals surface area contributed by atoms with E-state index in [1.165, 1.54) is 6.07 Å². The van der Waals surface area contributed by atoms with E-state index in [4.69, 9.17) is 0 Å². The predicted molar refractivity (Wildman–Crippen MR) is 78.8 cm³/mol. The SMILES string of the molecule is Cc1sc2ccc(O)c3c2c1-c1cccc(O)c1C3=O. The van der Waals surface area contributed by atoms with Crippen molar-refractivity contribution in [3.63, 3.8) is 0 Å². The number of carbonyl (C=O) groups is 1. The Morgan fingerprint density at radius 3 is 2.50 bits per heavy atom. The van der Waals surface area contributed by atoms with Crippen LogP contribution < -0.4 is 0 Å². The molecule has 0 aliphatic heterocycles. The van der Waals surface area contributed by atoms with Gasteiger partial charge in [-0.15, -0.1) is 11.3 Å². The molecule has 1 heterocycles. The average molecular weight is 282 g/mol. The number of thiophene rings is 1. The highest BCUT2D eigenvalue weighted by Crippen LogP contribution is 2.49. The lowest BCUT2D eigenvalue weighted by Gasteiger charge is -2.18. The zero-order valence-electron chi connectivity index (χ0n) is 10.6. The van der Waals surface area contributed by atoms with Crippen molar-refractivity contribution in [1.82, 2.24) is 0 Å². The zero-order valence-corrected chi connectivity index (χ0v) is 11.4. The maximum absolute atomic E-state index is 12.6. The van der Waals surface area contributed by atoms with Crippen LogP contribution in [0.1, 0.15) is 20.8 Å². The van der Waals surface area contributed by atoms with Gasteiger partial charge in [-0.25, -0.2) is 0 Å². The first kappa shape index (κ1) is 11.5. The topological polar surface area (TPSA) is 57.5 Å². The maximum Gasteiger partial charge on any atom is 0.201 e. The minimum atomic E-state index is -0.313. The number of fused-ring (bicyclic) bond motifs is 2. The van der Waals surface area contributed by atoms with E-state index < -0.39 is 0 Å². The second kappa shape index (κ2) is 3.61. The fourth-order valence-electron chi connectivity index (χ4n) is 2.96. The van der Waals surface area contributed by atoms with Crippen molar-refractivity contribution in [3.8, 4) is 22.6 Å². The molecule has 0 saturated carbocycles. The summed E-state index contributed by atoms with van der Waals surface area (Å²) in [4.78, 5) is 13.7. The van der Waals surface area contributed by atoms with Crippen molar-refractivity contribution in [2.45, 2.75) is 6.92 Å². The molecule has 1 aliphatic carbocycles. The summed E-state index contributed by atoms with van der Waals surface area (Å²) in [5, 5.41) is 20.9. The lowest BCUT2D eigenvalue weighted by atomic mass is 9.84. The molecule has 2 aromatic carbocycles. The van der Waals surface area contributed by atoms with Crippen molar-refractivity contribution in [2.75, 3.05) is 0 Å². The molecule has 0 fully saturated rings. The molecule has 3 nitrogen and oxygen atoms in total. The number of aryl methyl sites for hydroxylation is 1. The first-order valence-electron chi connectivity index (χ1n) is 6.21. The van der Waals surface area contributed by atoms with E-state index in [1.54, 1.807) is 23.5 Å². The Balaban J connectivity index is 2.31. The summed E-state index contributed by atoms with van der Waals surface area (Å²) in [6.07, 6.45) is 0. The minimum absolute atomic E-state index is 0.0320. The van der Waals surface area contributed by atoms with E-state index in [2.05, 4.69) is 0 Å². The summed E-state index contributed by atoms with van der Waals surface area (Å²) in [6.45, 7) is 1.99. The van der Waals surface area contributed by atoms with Gasteiger partial charge in [-0.2, -0.15) is 0 Å². The largest absolute Gasteiger partial charge is 0.507 e. The quantitative estimate of drug-likeness (QED) is 0.515. The second-order valence-corrected chi connectivity index (χ2v) is 6.15. The molecule has 98 valence electrons. The summed E-state index contributed by atoms with van der Waals surface area (Å²) in [6, 6.07) is 8.45. The fraction of sp³-hybridized carbons (Fsp3) is 0.0625. The van der Waals surface area contributed by atoms with Crippen LogP contribution in [0.2, 0.25) is 0 Å². The van der Waals surface area contributed by atoms with Crippen LogP contribution in [-0.2, 0) is 0 Å². The van der Waals surface area contributed by atoms with E-state index >= 15 is 0 Å². The smallest absolute Gasteiger partial charge is 0.201 e. The van der Waals surface area contributed by atoms with E-state index in [9.17, 15) is 15.0 Å².